The van der Waals surface area contributed by atoms with Crippen LogP contribution in [0.25, 0.3) is 11.4 Å². The monoisotopic (exact) mass is 234 g/mol. The number of rotatable bonds is 5. The fourth-order valence-electron chi connectivity index (χ4n) is 1.72. The second-order valence-corrected chi connectivity index (χ2v) is 3.71. The first-order chi connectivity index (χ1) is 8.35. The molecule has 5 heteroatoms. The first-order valence-electron chi connectivity index (χ1n) is 5.59. The van der Waals surface area contributed by atoms with E-state index in [1.165, 1.54) is 0 Å². The van der Waals surface area contributed by atoms with E-state index in [0.29, 0.717) is 6.54 Å². The first kappa shape index (κ1) is 11.7. The molecular formula is C12H15FN4. The van der Waals surface area contributed by atoms with Gasteiger partial charge in [-0.15, -0.1) is 0 Å². The minimum Gasteiger partial charge on any atom is -0.330 e. The normalized spacial score (nSPS) is 10.7. The highest BCUT2D eigenvalue weighted by atomic mass is 19.1. The van der Waals surface area contributed by atoms with Gasteiger partial charge >= 0.3 is 0 Å². The molecule has 0 amide bonds. The van der Waals surface area contributed by atoms with Gasteiger partial charge in [-0.1, -0.05) is 6.07 Å². The molecule has 0 aliphatic heterocycles. The summed E-state index contributed by atoms with van der Waals surface area (Å²) < 4.78 is 13.9. The minimum absolute atomic E-state index is 0.268. The predicted octanol–water partition coefficient (Wildman–Crippen LogP) is 1.42. The Kier molecular flexibility index (Phi) is 3.82. The van der Waals surface area contributed by atoms with Crippen LogP contribution in [0.2, 0.25) is 0 Å². The van der Waals surface area contributed by atoms with E-state index in [2.05, 4.69) is 10.1 Å². The van der Waals surface area contributed by atoms with Crippen LogP contribution in [0.1, 0.15) is 5.56 Å². The van der Waals surface area contributed by atoms with Gasteiger partial charge in [-0.25, -0.2) is 4.39 Å². The molecule has 2 N–H and O–H groups in total. The number of hydrogen-bond acceptors (Lipinski definition) is 3. The van der Waals surface area contributed by atoms with Crippen molar-refractivity contribution in [1.29, 1.82) is 0 Å². The molecule has 0 saturated heterocycles. The lowest BCUT2D eigenvalue weighted by Crippen LogP contribution is -2.03. The van der Waals surface area contributed by atoms with Gasteiger partial charge in [0.25, 0.3) is 0 Å². The summed E-state index contributed by atoms with van der Waals surface area (Å²) in [4.78, 5) is 4.25. The van der Waals surface area contributed by atoms with Crippen molar-refractivity contribution in [1.82, 2.24) is 14.8 Å². The topological polar surface area (TPSA) is 56.7 Å². The standard InChI is InChI=1S/C12H15FN4/c13-5-8-17-9-10(4-6-14)12(16-17)11-3-1-2-7-15-11/h1-3,7,9H,4-6,8,14H2. The van der Waals surface area contributed by atoms with Crippen LogP contribution in [0.15, 0.2) is 30.6 Å². The molecule has 2 rings (SSSR count). The van der Waals surface area contributed by atoms with Crippen LogP contribution in [0, 0.1) is 0 Å². The summed E-state index contributed by atoms with van der Waals surface area (Å²) in [7, 11) is 0. The largest absolute Gasteiger partial charge is 0.330 e. The molecule has 2 aromatic rings. The zero-order chi connectivity index (χ0) is 12.1. The van der Waals surface area contributed by atoms with Crippen molar-refractivity contribution in [2.24, 2.45) is 5.73 Å². The van der Waals surface area contributed by atoms with E-state index in [1.54, 1.807) is 10.9 Å². The molecule has 0 atom stereocenters. The maximum Gasteiger partial charge on any atom is 0.114 e. The van der Waals surface area contributed by atoms with Crippen molar-refractivity contribution in [3.63, 3.8) is 0 Å². The number of aryl methyl sites for hydroxylation is 1. The van der Waals surface area contributed by atoms with E-state index in [0.717, 1.165) is 23.4 Å². The molecule has 2 heterocycles. The Bertz CT molecular complexity index is 467. The molecule has 4 nitrogen and oxygen atoms in total. The third kappa shape index (κ3) is 2.68. The highest BCUT2D eigenvalue weighted by Gasteiger charge is 2.11. The summed E-state index contributed by atoms with van der Waals surface area (Å²) >= 11 is 0. The van der Waals surface area contributed by atoms with Crippen LogP contribution < -0.4 is 5.73 Å². The molecule has 0 radical (unpaired) electrons. The Morgan fingerprint density at radius 2 is 2.24 bits per heavy atom. The first-order valence-corrected chi connectivity index (χ1v) is 5.59. The van der Waals surface area contributed by atoms with E-state index in [1.807, 2.05) is 24.4 Å². The number of nitrogens with two attached hydrogens (primary N) is 1. The van der Waals surface area contributed by atoms with Crippen molar-refractivity contribution in [3.05, 3.63) is 36.2 Å². The van der Waals surface area contributed by atoms with E-state index in [9.17, 15) is 4.39 Å². The Morgan fingerprint density at radius 1 is 1.35 bits per heavy atom. The van der Waals surface area contributed by atoms with E-state index in [-0.39, 0.29) is 6.54 Å². The van der Waals surface area contributed by atoms with Crippen LogP contribution in [-0.4, -0.2) is 28.0 Å². The number of alkyl halides is 1. The van der Waals surface area contributed by atoms with Gasteiger partial charge in [0.15, 0.2) is 0 Å². The van der Waals surface area contributed by atoms with Gasteiger partial charge in [-0.3, -0.25) is 9.67 Å². The summed E-state index contributed by atoms with van der Waals surface area (Å²) in [6, 6.07) is 5.65. The second-order valence-electron chi connectivity index (χ2n) is 3.71. The lowest BCUT2D eigenvalue weighted by Gasteiger charge is -1.99. The van der Waals surface area contributed by atoms with Gasteiger partial charge in [0.1, 0.15) is 12.4 Å². The maximum atomic E-state index is 12.3. The van der Waals surface area contributed by atoms with Gasteiger partial charge < -0.3 is 5.73 Å². The van der Waals surface area contributed by atoms with Crippen LogP contribution >= 0.6 is 0 Å². The van der Waals surface area contributed by atoms with Gasteiger partial charge in [0.05, 0.1) is 12.2 Å². The molecule has 0 saturated carbocycles. The van der Waals surface area contributed by atoms with Gasteiger partial charge in [0.2, 0.25) is 0 Å². The van der Waals surface area contributed by atoms with E-state index < -0.39 is 6.67 Å². The number of pyridine rings is 1. The SMILES string of the molecule is NCCc1cn(CCF)nc1-c1ccccn1. The molecule has 0 spiro atoms. The Balaban J connectivity index is 2.37. The van der Waals surface area contributed by atoms with Crippen molar-refractivity contribution >= 4 is 0 Å². The zero-order valence-electron chi connectivity index (χ0n) is 9.51. The second kappa shape index (κ2) is 5.54. The van der Waals surface area contributed by atoms with Crippen molar-refractivity contribution in [3.8, 4) is 11.4 Å². The number of aromatic nitrogens is 3. The molecule has 0 unspecified atom stereocenters. The van der Waals surface area contributed by atoms with Crippen molar-refractivity contribution in [2.75, 3.05) is 13.2 Å². The van der Waals surface area contributed by atoms with E-state index in [4.69, 9.17) is 5.73 Å². The van der Waals surface area contributed by atoms with Crippen molar-refractivity contribution < 1.29 is 4.39 Å². The Morgan fingerprint density at radius 3 is 2.88 bits per heavy atom. The summed E-state index contributed by atoms with van der Waals surface area (Å²) in [5.74, 6) is 0. The molecule has 0 aromatic carbocycles. The summed E-state index contributed by atoms with van der Waals surface area (Å²) in [5, 5.41) is 4.35. The molecule has 2 aromatic heterocycles. The third-order valence-corrected chi connectivity index (χ3v) is 2.47. The summed E-state index contributed by atoms with van der Waals surface area (Å²) in [6.07, 6.45) is 4.28. The average molecular weight is 234 g/mol. The lowest BCUT2D eigenvalue weighted by molar-refractivity contribution is 0.427. The molecule has 0 fully saturated rings. The van der Waals surface area contributed by atoms with Gasteiger partial charge in [0, 0.05) is 18.0 Å². The highest BCUT2D eigenvalue weighted by Crippen LogP contribution is 2.19. The Labute approximate surface area is 99.3 Å². The summed E-state index contributed by atoms with van der Waals surface area (Å²) in [6.45, 7) is 0.386. The minimum atomic E-state index is -0.425. The Hall–Kier alpha value is -1.75. The predicted molar refractivity (Wildman–Crippen MR) is 64.2 cm³/mol. The maximum absolute atomic E-state index is 12.3. The molecule has 17 heavy (non-hydrogen) atoms. The molecule has 0 aliphatic carbocycles. The highest BCUT2D eigenvalue weighted by molar-refractivity contribution is 5.58. The fourth-order valence-corrected chi connectivity index (χ4v) is 1.72. The quantitative estimate of drug-likeness (QED) is 0.851. The smallest absolute Gasteiger partial charge is 0.114 e. The van der Waals surface area contributed by atoms with Gasteiger partial charge in [-0.2, -0.15) is 5.10 Å². The molecule has 90 valence electrons. The third-order valence-electron chi connectivity index (χ3n) is 2.47. The number of halogens is 1. The van der Waals surface area contributed by atoms with Crippen molar-refractivity contribution in [2.45, 2.75) is 13.0 Å². The lowest BCUT2D eigenvalue weighted by atomic mass is 10.1. The number of nitrogens with zero attached hydrogens (tertiary/aromatic N) is 3. The average Bonchev–Trinajstić information content (AvgIpc) is 2.74. The molecule has 0 aliphatic rings. The van der Waals surface area contributed by atoms with Crippen LogP contribution in [0.4, 0.5) is 4.39 Å². The molecular weight excluding hydrogens is 219 g/mol. The fraction of sp³-hybridized carbons (Fsp3) is 0.333. The summed E-state index contributed by atoms with van der Waals surface area (Å²) in [5.41, 5.74) is 8.17. The van der Waals surface area contributed by atoms with E-state index >= 15 is 0 Å². The van der Waals surface area contributed by atoms with Crippen LogP contribution in [-0.2, 0) is 13.0 Å². The molecule has 0 bridgehead atoms. The number of hydrogen-bond donors (Lipinski definition) is 1. The zero-order valence-corrected chi connectivity index (χ0v) is 9.51. The van der Waals surface area contributed by atoms with Crippen LogP contribution in [0.3, 0.4) is 0 Å². The van der Waals surface area contributed by atoms with Crippen LogP contribution in [0.5, 0.6) is 0 Å². The van der Waals surface area contributed by atoms with Gasteiger partial charge in [-0.05, 0) is 25.1 Å².